The van der Waals surface area contributed by atoms with E-state index < -0.39 is 0 Å². The van der Waals surface area contributed by atoms with E-state index in [1.807, 2.05) is 0 Å². The SMILES string of the molecule is NCC1CCN(Cc2ccc(Cl)cc2F)CC1. The summed E-state index contributed by atoms with van der Waals surface area (Å²) in [5, 5.41) is 0.452. The molecular weight excluding hydrogens is 239 g/mol. The second-order valence-electron chi connectivity index (χ2n) is 4.69. The number of nitrogens with zero attached hydrogens (tertiary/aromatic N) is 1. The first kappa shape index (κ1) is 12.8. The van der Waals surface area contributed by atoms with Gasteiger partial charge in [0.1, 0.15) is 5.82 Å². The highest BCUT2D eigenvalue weighted by Gasteiger charge is 2.18. The summed E-state index contributed by atoms with van der Waals surface area (Å²) >= 11 is 5.73. The highest BCUT2D eigenvalue weighted by atomic mass is 35.5. The summed E-state index contributed by atoms with van der Waals surface area (Å²) < 4.78 is 13.6. The van der Waals surface area contributed by atoms with Gasteiger partial charge in [-0.05, 0) is 50.5 Å². The second kappa shape index (κ2) is 5.80. The summed E-state index contributed by atoms with van der Waals surface area (Å²) in [4.78, 5) is 2.28. The molecule has 0 aromatic heterocycles. The van der Waals surface area contributed by atoms with Crippen LogP contribution in [0.3, 0.4) is 0 Å². The third-order valence-electron chi connectivity index (χ3n) is 3.45. The van der Waals surface area contributed by atoms with Crippen LogP contribution in [-0.2, 0) is 6.54 Å². The molecule has 1 aromatic rings. The van der Waals surface area contributed by atoms with E-state index in [0.29, 0.717) is 17.5 Å². The fourth-order valence-corrected chi connectivity index (χ4v) is 2.43. The van der Waals surface area contributed by atoms with Crippen LogP contribution in [0.5, 0.6) is 0 Å². The molecule has 0 bridgehead atoms. The van der Waals surface area contributed by atoms with Gasteiger partial charge in [-0.2, -0.15) is 0 Å². The first-order valence-electron chi connectivity index (χ1n) is 6.05. The van der Waals surface area contributed by atoms with Crippen molar-refractivity contribution >= 4 is 11.6 Å². The lowest BCUT2D eigenvalue weighted by Gasteiger charge is -2.31. The van der Waals surface area contributed by atoms with Crippen LogP contribution in [0.2, 0.25) is 5.02 Å². The first-order valence-corrected chi connectivity index (χ1v) is 6.43. The van der Waals surface area contributed by atoms with Crippen molar-refractivity contribution in [3.63, 3.8) is 0 Å². The Morgan fingerprint density at radius 2 is 2.06 bits per heavy atom. The zero-order chi connectivity index (χ0) is 12.3. The predicted octanol–water partition coefficient (Wildman–Crippen LogP) is 2.65. The smallest absolute Gasteiger partial charge is 0.129 e. The Morgan fingerprint density at radius 1 is 1.35 bits per heavy atom. The zero-order valence-electron chi connectivity index (χ0n) is 9.83. The van der Waals surface area contributed by atoms with E-state index in [0.717, 1.165) is 38.0 Å². The highest BCUT2D eigenvalue weighted by molar-refractivity contribution is 6.30. The average Bonchev–Trinajstić information content (AvgIpc) is 2.34. The number of hydrogen-bond donors (Lipinski definition) is 1. The second-order valence-corrected chi connectivity index (χ2v) is 5.13. The molecule has 1 heterocycles. The van der Waals surface area contributed by atoms with Crippen LogP contribution < -0.4 is 5.73 Å². The molecule has 94 valence electrons. The molecule has 1 aromatic carbocycles. The fourth-order valence-electron chi connectivity index (χ4n) is 2.27. The summed E-state index contributed by atoms with van der Waals surface area (Å²) in [6.07, 6.45) is 2.23. The Morgan fingerprint density at radius 3 is 2.65 bits per heavy atom. The van der Waals surface area contributed by atoms with Crippen molar-refractivity contribution in [2.45, 2.75) is 19.4 Å². The van der Waals surface area contributed by atoms with E-state index in [4.69, 9.17) is 17.3 Å². The van der Waals surface area contributed by atoms with Crippen molar-refractivity contribution in [3.05, 3.63) is 34.6 Å². The van der Waals surface area contributed by atoms with Gasteiger partial charge >= 0.3 is 0 Å². The molecule has 1 fully saturated rings. The van der Waals surface area contributed by atoms with Gasteiger partial charge in [0.2, 0.25) is 0 Å². The molecule has 0 saturated carbocycles. The van der Waals surface area contributed by atoms with Crippen LogP contribution in [0.25, 0.3) is 0 Å². The molecule has 1 aliphatic heterocycles. The predicted molar refractivity (Wildman–Crippen MR) is 68.5 cm³/mol. The van der Waals surface area contributed by atoms with Gasteiger partial charge in [0.25, 0.3) is 0 Å². The molecule has 4 heteroatoms. The molecule has 1 saturated heterocycles. The fraction of sp³-hybridized carbons (Fsp3) is 0.538. The van der Waals surface area contributed by atoms with Gasteiger partial charge in [0, 0.05) is 17.1 Å². The van der Waals surface area contributed by atoms with Crippen LogP contribution >= 0.6 is 11.6 Å². The number of piperidine rings is 1. The van der Waals surface area contributed by atoms with Crippen LogP contribution in [0.4, 0.5) is 4.39 Å². The number of halogens is 2. The lowest BCUT2D eigenvalue weighted by atomic mass is 9.97. The minimum absolute atomic E-state index is 0.210. The summed E-state index contributed by atoms with van der Waals surface area (Å²) in [7, 11) is 0. The Labute approximate surface area is 107 Å². The molecule has 0 aliphatic carbocycles. The molecule has 0 radical (unpaired) electrons. The van der Waals surface area contributed by atoms with Crippen molar-refractivity contribution in [3.8, 4) is 0 Å². The molecule has 0 spiro atoms. The van der Waals surface area contributed by atoms with Crippen molar-refractivity contribution in [2.24, 2.45) is 11.7 Å². The Balaban J connectivity index is 1.93. The van der Waals surface area contributed by atoms with Gasteiger partial charge in [-0.15, -0.1) is 0 Å². The summed E-state index contributed by atoms with van der Waals surface area (Å²) in [6.45, 7) is 3.44. The summed E-state index contributed by atoms with van der Waals surface area (Å²) in [6, 6.07) is 4.89. The van der Waals surface area contributed by atoms with E-state index in [9.17, 15) is 4.39 Å². The van der Waals surface area contributed by atoms with E-state index in [2.05, 4.69) is 4.90 Å². The van der Waals surface area contributed by atoms with Gasteiger partial charge in [-0.3, -0.25) is 4.90 Å². The van der Waals surface area contributed by atoms with E-state index >= 15 is 0 Å². The third kappa shape index (κ3) is 3.41. The summed E-state index contributed by atoms with van der Waals surface area (Å²) in [5.74, 6) is 0.430. The van der Waals surface area contributed by atoms with Crippen LogP contribution in [0.1, 0.15) is 18.4 Å². The molecule has 1 aliphatic rings. The van der Waals surface area contributed by atoms with Gasteiger partial charge in [-0.1, -0.05) is 17.7 Å². The van der Waals surface area contributed by atoms with E-state index in [1.165, 1.54) is 6.07 Å². The monoisotopic (exact) mass is 256 g/mol. The molecule has 0 amide bonds. The zero-order valence-corrected chi connectivity index (χ0v) is 10.6. The van der Waals surface area contributed by atoms with Crippen molar-refractivity contribution in [2.75, 3.05) is 19.6 Å². The standard InChI is InChI=1S/C13H18ClFN2/c14-12-2-1-11(13(15)7-12)9-17-5-3-10(8-16)4-6-17/h1-2,7,10H,3-6,8-9,16H2. The van der Waals surface area contributed by atoms with Crippen LogP contribution in [0, 0.1) is 11.7 Å². The van der Waals surface area contributed by atoms with Gasteiger partial charge in [-0.25, -0.2) is 4.39 Å². The number of rotatable bonds is 3. The minimum Gasteiger partial charge on any atom is -0.330 e. The van der Waals surface area contributed by atoms with E-state index in [1.54, 1.807) is 12.1 Å². The molecule has 2 N–H and O–H groups in total. The van der Waals surface area contributed by atoms with Gasteiger partial charge < -0.3 is 5.73 Å². The van der Waals surface area contributed by atoms with Crippen LogP contribution in [0.15, 0.2) is 18.2 Å². The maximum Gasteiger partial charge on any atom is 0.129 e. The van der Waals surface area contributed by atoms with Crippen molar-refractivity contribution < 1.29 is 4.39 Å². The normalized spacial score (nSPS) is 18.5. The highest BCUT2D eigenvalue weighted by Crippen LogP contribution is 2.20. The lowest BCUT2D eigenvalue weighted by molar-refractivity contribution is 0.178. The number of benzene rings is 1. The molecule has 17 heavy (non-hydrogen) atoms. The number of nitrogens with two attached hydrogens (primary N) is 1. The molecular formula is C13H18ClFN2. The topological polar surface area (TPSA) is 29.3 Å². The Kier molecular flexibility index (Phi) is 4.37. The van der Waals surface area contributed by atoms with Gasteiger partial charge in [0.05, 0.1) is 0 Å². The molecule has 0 atom stereocenters. The van der Waals surface area contributed by atoms with Crippen LogP contribution in [-0.4, -0.2) is 24.5 Å². The summed E-state index contributed by atoms with van der Waals surface area (Å²) in [5.41, 5.74) is 6.37. The maximum absolute atomic E-state index is 13.6. The van der Waals surface area contributed by atoms with E-state index in [-0.39, 0.29) is 5.82 Å². The Hall–Kier alpha value is -0.640. The lowest BCUT2D eigenvalue weighted by Crippen LogP contribution is -2.35. The van der Waals surface area contributed by atoms with Crippen molar-refractivity contribution in [1.29, 1.82) is 0 Å². The molecule has 2 rings (SSSR count). The number of hydrogen-bond acceptors (Lipinski definition) is 2. The quantitative estimate of drug-likeness (QED) is 0.901. The third-order valence-corrected chi connectivity index (χ3v) is 3.68. The van der Waals surface area contributed by atoms with Crippen molar-refractivity contribution in [1.82, 2.24) is 4.90 Å². The Bertz CT molecular complexity index is 376. The minimum atomic E-state index is -0.210. The molecule has 2 nitrogen and oxygen atoms in total. The average molecular weight is 257 g/mol. The largest absolute Gasteiger partial charge is 0.330 e. The molecule has 0 unspecified atom stereocenters. The first-order chi connectivity index (χ1) is 8.19. The number of likely N-dealkylation sites (tertiary alicyclic amines) is 1. The van der Waals surface area contributed by atoms with Gasteiger partial charge in [0.15, 0.2) is 0 Å². The maximum atomic E-state index is 13.6.